The van der Waals surface area contributed by atoms with Gasteiger partial charge in [0.25, 0.3) is 0 Å². The largest absolute Gasteiger partial charge is 0.480 e. The Hall–Kier alpha value is -0.910. The van der Waals surface area contributed by atoms with Gasteiger partial charge in [-0.15, -0.1) is 0 Å². The van der Waals surface area contributed by atoms with Crippen LogP contribution in [0.3, 0.4) is 0 Å². The van der Waals surface area contributed by atoms with Crippen molar-refractivity contribution >= 4 is 23.8 Å². The van der Waals surface area contributed by atoms with Gasteiger partial charge in [0.05, 0.1) is 0 Å². The third-order valence-corrected chi connectivity index (χ3v) is 3.88. The number of carbonyl (C=O) groups is 2. The fraction of sp³-hybridized carbons (Fsp3) is 0.818. The van der Waals surface area contributed by atoms with Crippen LogP contribution >= 0.6 is 11.8 Å². The molecule has 98 valence electrons. The molecule has 2 atom stereocenters. The van der Waals surface area contributed by atoms with E-state index in [1.54, 1.807) is 11.8 Å². The van der Waals surface area contributed by atoms with Gasteiger partial charge in [-0.25, -0.2) is 9.59 Å². The van der Waals surface area contributed by atoms with Gasteiger partial charge < -0.3 is 15.7 Å². The average Bonchev–Trinajstić information content (AvgIpc) is 2.76. The summed E-state index contributed by atoms with van der Waals surface area (Å²) in [4.78, 5) is 22.5. The zero-order valence-corrected chi connectivity index (χ0v) is 10.9. The van der Waals surface area contributed by atoms with Crippen LogP contribution in [0.2, 0.25) is 0 Å². The SMILES string of the molecule is CCCC[C@H](NC(=O)NC1CCSC1)C(=O)O. The fourth-order valence-corrected chi connectivity index (χ4v) is 2.85. The maximum Gasteiger partial charge on any atom is 0.326 e. The molecule has 0 spiro atoms. The van der Waals surface area contributed by atoms with Crippen molar-refractivity contribution in [3.8, 4) is 0 Å². The standard InChI is InChI=1S/C11H20N2O3S/c1-2-3-4-9(10(14)15)13-11(16)12-8-5-6-17-7-8/h8-9H,2-7H2,1H3,(H,14,15)(H2,12,13,16)/t8?,9-/m0/s1. The molecule has 1 unspecified atom stereocenters. The van der Waals surface area contributed by atoms with Crippen molar-refractivity contribution in [2.75, 3.05) is 11.5 Å². The third-order valence-electron chi connectivity index (χ3n) is 2.71. The number of amides is 2. The molecule has 0 aliphatic carbocycles. The summed E-state index contributed by atoms with van der Waals surface area (Å²) in [7, 11) is 0. The number of urea groups is 1. The zero-order chi connectivity index (χ0) is 12.7. The summed E-state index contributed by atoms with van der Waals surface area (Å²) in [5.41, 5.74) is 0. The number of carbonyl (C=O) groups excluding carboxylic acids is 1. The van der Waals surface area contributed by atoms with E-state index in [0.29, 0.717) is 6.42 Å². The highest BCUT2D eigenvalue weighted by Gasteiger charge is 2.22. The Bertz CT molecular complexity index is 267. The van der Waals surface area contributed by atoms with Gasteiger partial charge in [-0.3, -0.25) is 0 Å². The average molecular weight is 260 g/mol. The van der Waals surface area contributed by atoms with E-state index in [9.17, 15) is 9.59 Å². The van der Waals surface area contributed by atoms with Gasteiger partial charge >= 0.3 is 12.0 Å². The van der Waals surface area contributed by atoms with Crippen LogP contribution in [0.15, 0.2) is 0 Å². The molecule has 1 aliphatic rings. The number of hydrogen-bond acceptors (Lipinski definition) is 3. The van der Waals surface area contributed by atoms with Crippen LogP contribution in [0.5, 0.6) is 0 Å². The van der Waals surface area contributed by atoms with Gasteiger partial charge in [0.15, 0.2) is 0 Å². The second-order valence-electron chi connectivity index (χ2n) is 4.21. The number of hydrogen-bond donors (Lipinski definition) is 3. The number of aliphatic carboxylic acids is 1. The first-order valence-electron chi connectivity index (χ1n) is 6.01. The Morgan fingerprint density at radius 1 is 1.53 bits per heavy atom. The van der Waals surface area contributed by atoms with Crippen molar-refractivity contribution in [3.05, 3.63) is 0 Å². The number of carboxylic acids is 1. The lowest BCUT2D eigenvalue weighted by molar-refractivity contribution is -0.139. The van der Waals surface area contributed by atoms with E-state index in [0.717, 1.165) is 30.8 Å². The quantitative estimate of drug-likeness (QED) is 0.675. The lowest BCUT2D eigenvalue weighted by Gasteiger charge is -2.17. The molecule has 0 aromatic heterocycles. The molecule has 2 amide bonds. The maximum atomic E-state index is 11.6. The molecule has 1 saturated heterocycles. The molecule has 0 bridgehead atoms. The lowest BCUT2D eigenvalue weighted by atomic mass is 10.1. The number of unbranched alkanes of at least 4 members (excludes halogenated alkanes) is 1. The number of thioether (sulfide) groups is 1. The molecular weight excluding hydrogens is 240 g/mol. The van der Waals surface area contributed by atoms with Crippen molar-refractivity contribution < 1.29 is 14.7 Å². The fourth-order valence-electron chi connectivity index (χ4n) is 1.70. The van der Waals surface area contributed by atoms with Crippen molar-refractivity contribution in [2.24, 2.45) is 0 Å². The molecule has 5 nitrogen and oxygen atoms in total. The minimum absolute atomic E-state index is 0.181. The summed E-state index contributed by atoms with van der Waals surface area (Å²) < 4.78 is 0. The molecule has 1 fully saturated rings. The lowest BCUT2D eigenvalue weighted by Crippen LogP contribution is -2.49. The topological polar surface area (TPSA) is 78.4 Å². The number of rotatable bonds is 6. The minimum Gasteiger partial charge on any atom is -0.480 e. The second kappa shape index (κ2) is 7.42. The molecule has 6 heteroatoms. The Labute approximate surface area is 106 Å². The first kappa shape index (κ1) is 14.2. The van der Waals surface area contributed by atoms with E-state index < -0.39 is 12.0 Å². The Morgan fingerprint density at radius 3 is 2.82 bits per heavy atom. The van der Waals surface area contributed by atoms with Gasteiger partial charge in [-0.2, -0.15) is 11.8 Å². The molecule has 3 N–H and O–H groups in total. The Balaban J connectivity index is 2.32. The van der Waals surface area contributed by atoms with Crippen LogP contribution in [-0.4, -0.2) is 40.7 Å². The van der Waals surface area contributed by atoms with Gasteiger partial charge in [-0.05, 0) is 18.6 Å². The van der Waals surface area contributed by atoms with Crippen LogP contribution in [0.25, 0.3) is 0 Å². The predicted molar refractivity (Wildman–Crippen MR) is 68.3 cm³/mol. The molecule has 1 rings (SSSR count). The molecule has 0 aromatic carbocycles. The van der Waals surface area contributed by atoms with Gasteiger partial charge in [0.1, 0.15) is 6.04 Å². The second-order valence-corrected chi connectivity index (χ2v) is 5.36. The van der Waals surface area contributed by atoms with Gasteiger partial charge in [0.2, 0.25) is 0 Å². The van der Waals surface area contributed by atoms with Crippen molar-refractivity contribution in [3.63, 3.8) is 0 Å². The van der Waals surface area contributed by atoms with Crippen molar-refractivity contribution in [1.82, 2.24) is 10.6 Å². The van der Waals surface area contributed by atoms with E-state index in [4.69, 9.17) is 5.11 Å². The monoisotopic (exact) mass is 260 g/mol. The van der Waals surface area contributed by atoms with Crippen LogP contribution in [0.4, 0.5) is 4.79 Å². The first-order valence-corrected chi connectivity index (χ1v) is 7.16. The van der Waals surface area contributed by atoms with Gasteiger partial charge in [0, 0.05) is 11.8 Å². The summed E-state index contributed by atoms with van der Waals surface area (Å²) in [5.74, 6) is 1.01. The summed E-state index contributed by atoms with van der Waals surface area (Å²) in [6.07, 6.45) is 3.17. The van der Waals surface area contributed by atoms with Crippen LogP contribution in [0, 0.1) is 0 Å². The maximum absolute atomic E-state index is 11.6. The highest BCUT2D eigenvalue weighted by molar-refractivity contribution is 7.99. The molecular formula is C11H20N2O3S. The normalized spacial score (nSPS) is 20.9. The molecule has 0 radical (unpaired) electrons. The number of carboxylic acid groups (broad SMARTS) is 1. The highest BCUT2D eigenvalue weighted by atomic mass is 32.2. The van der Waals surface area contributed by atoms with E-state index in [1.165, 1.54) is 0 Å². The van der Waals surface area contributed by atoms with Crippen LogP contribution in [-0.2, 0) is 4.79 Å². The highest BCUT2D eigenvalue weighted by Crippen LogP contribution is 2.16. The van der Waals surface area contributed by atoms with Crippen molar-refractivity contribution in [1.29, 1.82) is 0 Å². The zero-order valence-electron chi connectivity index (χ0n) is 10.1. The van der Waals surface area contributed by atoms with Crippen LogP contribution < -0.4 is 10.6 Å². The summed E-state index contributed by atoms with van der Waals surface area (Å²) in [5, 5.41) is 14.3. The molecule has 0 saturated carbocycles. The summed E-state index contributed by atoms with van der Waals surface area (Å²) in [6, 6.07) is -0.953. The predicted octanol–water partition coefficient (Wildman–Crippen LogP) is 1.43. The Morgan fingerprint density at radius 2 is 2.29 bits per heavy atom. The summed E-state index contributed by atoms with van der Waals surface area (Å²) in [6.45, 7) is 1.99. The minimum atomic E-state index is -0.964. The Kier molecular flexibility index (Phi) is 6.18. The first-order chi connectivity index (χ1) is 8.13. The molecule has 0 aromatic rings. The van der Waals surface area contributed by atoms with E-state index in [1.807, 2.05) is 6.92 Å². The number of nitrogens with one attached hydrogen (secondary N) is 2. The summed E-state index contributed by atoms with van der Waals surface area (Å²) >= 11 is 1.80. The van der Waals surface area contributed by atoms with Crippen LogP contribution in [0.1, 0.15) is 32.6 Å². The molecule has 1 heterocycles. The van der Waals surface area contributed by atoms with E-state index in [-0.39, 0.29) is 12.1 Å². The third kappa shape index (κ3) is 5.30. The van der Waals surface area contributed by atoms with Crippen molar-refractivity contribution in [2.45, 2.75) is 44.7 Å². The van der Waals surface area contributed by atoms with E-state index >= 15 is 0 Å². The van der Waals surface area contributed by atoms with E-state index in [2.05, 4.69) is 10.6 Å². The molecule has 1 aliphatic heterocycles. The molecule has 17 heavy (non-hydrogen) atoms. The van der Waals surface area contributed by atoms with Gasteiger partial charge in [-0.1, -0.05) is 19.8 Å². The smallest absolute Gasteiger partial charge is 0.326 e.